The third kappa shape index (κ3) is 1.94. The second-order valence-corrected chi connectivity index (χ2v) is 5.79. The van der Waals surface area contributed by atoms with Gasteiger partial charge in [-0.2, -0.15) is 0 Å². The summed E-state index contributed by atoms with van der Waals surface area (Å²) < 4.78 is 2.14. The lowest BCUT2D eigenvalue weighted by atomic mass is 9.68. The van der Waals surface area contributed by atoms with Gasteiger partial charge in [0.05, 0.1) is 12.0 Å². The van der Waals surface area contributed by atoms with E-state index in [1.54, 1.807) is 4.90 Å². The number of aryl methyl sites for hydroxylation is 1. The van der Waals surface area contributed by atoms with Crippen LogP contribution in [-0.2, 0) is 24.3 Å². The molecule has 0 saturated heterocycles. The minimum atomic E-state index is -0.303. The van der Waals surface area contributed by atoms with Crippen LogP contribution < -0.4 is 5.73 Å². The molecular formula is C13H21N5O. The largest absolute Gasteiger partial charge is 0.338 e. The summed E-state index contributed by atoms with van der Waals surface area (Å²) in [4.78, 5) is 14.3. The van der Waals surface area contributed by atoms with Gasteiger partial charge >= 0.3 is 0 Å². The van der Waals surface area contributed by atoms with Crippen molar-refractivity contribution in [3.05, 3.63) is 11.6 Å². The number of aromatic nitrogens is 3. The molecule has 104 valence electrons. The first-order chi connectivity index (χ1) is 9.16. The van der Waals surface area contributed by atoms with E-state index < -0.39 is 0 Å². The Morgan fingerprint density at radius 1 is 1.42 bits per heavy atom. The lowest BCUT2D eigenvalue weighted by Crippen LogP contribution is -2.50. The van der Waals surface area contributed by atoms with Crippen molar-refractivity contribution < 1.29 is 4.79 Å². The van der Waals surface area contributed by atoms with Crippen LogP contribution in [0.15, 0.2) is 0 Å². The molecule has 0 radical (unpaired) electrons. The van der Waals surface area contributed by atoms with Gasteiger partial charge in [0.2, 0.25) is 5.91 Å². The van der Waals surface area contributed by atoms with E-state index in [-0.39, 0.29) is 11.3 Å². The van der Waals surface area contributed by atoms with E-state index in [2.05, 4.69) is 14.8 Å². The molecule has 1 aliphatic carbocycles. The van der Waals surface area contributed by atoms with Crippen LogP contribution in [0.2, 0.25) is 0 Å². The monoisotopic (exact) mass is 263 g/mol. The summed E-state index contributed by atoms with van der Waals surface area (Å²) in [5.74, 6) is 2.11. The zero-order valence-corrected chi connectivity index (χ0v) is 11.4. The summed E-state index contributed by atoms with van der Waals surface area (Å²) in [5, 5.41) is 8.38. The smallest absolute Gasteiger partial charge is 0.230 e. The van der Waals surface area contributed by atoms with Gasteiger partial charge in [-0.1, -0.05) is 6.42 Å². The van der Waals surface area contributed by atoms with Gasteiger partial charge in [-0.05, 0) is 19.3 Å². The fourth-order valence-electron chi connectivity index (χ4n) is 3.13. The number of nitrogens with two attached hydrogens (primary N) is 1. The molecule has 2 aliphatic rings. The lowest BCUT2D eigenvalue weighted by molar-refractivity contribution is -0.145. The van der Waals surface area contributed by atoms with Gasteiger partial charge in [-0.15, -0.1) is 10.2 Å². The van der Waals surface area contributed by atoms with Gasteiger partial charge in [-0.3, -0.25) is 4.79 Å². The molecule has 1 fully saturated rings. The Morgan fingerprint density at radius 3 is 2.84 bits per heavy atom. The van der Waals surface area contributed by atoms with Crippen molar-refractivity contribution in [1.29, 1.82) is 0 Å². The molecule has 6 nitrogen and oxygen atoms in total. The number of hydrogen-bond acceptors (Lipinski definition) is 4. The van der Waals surface area contributed by atoms with Crippen molar-refractivity contribution in [2.75, 3.05) is 13.6 Å². The highest BCUT2D eigenvalue weighted by Gasteiger charge is 2.44. The normalized spacial score (nSPS) is 19.9. The van der Waals surface area contributed by atoms with Crippen LogP contribution in [0.5, 0.6) is 0 Å². The maximum atomic E-state index is 12.5. The quantitative estimate of drug-likeness (QED) is 0.848. The summed E-state index contributed by atoms with van der Waals surface area (Å²) in [5.41, 5.74) is 5.49. The second kappa shape index (κ2) is 4.59. The standard InChI is InChI=1S/C13H21N5O/c1-17(12(19)13(9-14)5-3-6-13)8-11-16-15-10-4-2-7-18(10)11/h2-9,14H2,1H3. The number of rotatable bonds is 4. The SMILES string of the molecule is CN(Cc1nnc2n1CCC2)C(=O)C1(CN)CCC1. The number of hydrogen-bond donors (Lipinski definition) is 1. The van der Waals surface area contributed by atoms with Crippen molar-refractivity contribution in [3.8, 4) is 0 Å². The van der Waals surface area contributed by atoms with Crippen molar-refractivity contribution in [2.45, 2.75) is 45.2 Å². The van der Waals surface area contributed by atoms with E-state index in [1.807, 2.05) is 7.05 Å². The summed E-state index contributed by atoms with van der Waals surface area (Å²) in [6, 6.07) is 0. The first-order valence-corrected chi connectivity index (χ1v) is 7.03. The minimum absolute atomic E-state index is 0.164. The Balaban J connectivity index is 1.71. The minimum Gasteiger partial charge on any atom is -0.338 e. The molecule has 1 saturated carbocycles. The summed E-state index contributed by atoms with van der Waals surface area (Å²) in [7, 11) is 1.84. The van der Waals surface area contributed by atoms with E-state index in [4.69, 9.17) is 5.73 Å². The van der Waals surface area contributed by atoms with E-state index in [1.165, 1.54) is 0 Å². The third-order valence-corrected chi connectivity index (χ3v) is 4.57. The lowest BCUT2D eigenvalue weighted by Gasteiger charge is -2.41. The van der Waals surface area contributed by atoms with Crippen molar-refractivity contribution in [2.24, 2.45) is 11.1 Å². The van der Waals surface area contributed by atoms with Crippen LogP contribution in [0.3, 0.4) is 0 Å². The van der Waals surface area contributed by atoms with E-state index in [0.717, 1.165) is 50.3 Å². The van der Waals surface area contributed by atoms with Gasteiger partial charge in [0.15, 0.2) is 5.82 Å². The molecule has 0 atom stereocenters. The first-order valence-electron chi connectivity index (χ1n) is 7.03. The Hall–Kier alpha value is -1.43. The number of nitrogens with zero attached hydrogens (tertiary/aromatic N) is 4. The first kappa shape index (κ1) is 12.6. The molecule has 6 heteroatoms. The molecule has 1 amide bonds. The highest BCUT2D eigenvalue weighted by molar-refractivity contribution is 5.83. The predicted octanol–water partition coefficient (Wildman–Crippen LogP) is 0.312. The molecule has 3 rings (SSSR count). The van der Waals surface area contributed by atoms with Gasteiger partial charge in [0.1, 0.15) is 5.82 Å². The number of fused-ring (bicyclic) bond motifs is 1. The summed E-state index contributed by atoms with van der Waals surface area (Å²) in [6.45, 7) is 1.96. The predicted molar refractivity (Wildman–Crippen MR) is 70.2 cm³/mol. The number of carbonyl (C=O) groups excluding carboxylic acids is 1. The van der Waals surface area contributed by atoms with Crippen molar-refractivity contribution in [1.82, 2.24) is 19.7 Å². The molecule has 0 spiro atoms. The molecule has 19 heavy (non-hydrogen) atoms. The molecule has 1 aromatic rings. The van der Waals surface area contributed by atoms with E-state index in [0.29, 0.717) is 13.1 Å². The zero-order chi connectivity index (χ0) is 13.5. The Labute approximate surface area is 113 Å². The Morgan fingerprint density at radius 2 is 2.21 bits per heavy atom. The number of amides is 1. The van der Waals surface area contributed by atoms with Crippen LogP contribution in [0, 0.1) is 5.41 Å². The van der Waals surface area contributed by atoms with Crippen LogP contribution in [0.4, 0.5) is 0 Å². The van der Waals surface area contributed by atoms with Crippen LogP contribution in [-0.4, -0.2) is 39.2 Å². The van der Waals surface area contributed by atoms with Crippen LogP contribution >= 0.6 is 0 Å². The molecule has 0 bridgehead atoms. The molecule has 2 N–H and O–H groups in total. The van der Waals surface area contributed by atoms with Gasteiger partial charge < -0.3 is 15.2 Å². The van der Waals surface area contributed by atoms with Crippen molar-refractivity contribution >= 4 is 5.91 Å². The Kier molecular flexibility index (Phi) is 3.05. The topological polar surface area (TPSA) is 77.0 Å². The van der Waals surface area contributed by atoms with Crippen molar-refractivity contribution in [3.63, 3.8) is 0 Å². The summed E-state index contributed by atoms with van der Waals surface area (Å²) >= 11 is 0. The Bertz CT molecular complexity index is 486. The van der Waals surface area contributed by atoms with Gasteiger partial charge in [0, 0.05) is 26.6 Å². The average molecular weight is 263 g/mol. The highest BCUT2D eigenvalue weighted by Crippen LogP contribution is 2.41. The molecular weight excluding hydrogens is 242 g/mol. The summed E-state index contributed by atoms with van der Waals surface area (Å²) in [6.07, 6.45) is 5.08. The van der Waals surface area contributed by atoms with Crippen LogP contribution in [0.25, 0.3) is 0 Å². The fraction of sp³-hybridized carbons (Fsp3) is 0.769. The number of carbonyl (C=O) groups is 1. The molecule has 0 unspecified atom stereocenters. The third-order valence-electron chi connectivity index (χ3n) is 4.57. The van der Waals surface area contributed by atoms with Gasteiger partial charge in [-0.25, -0.2) is 0 Å². The molecule has 1 aliphatic heterocycles. The maximum absolute atomic E-state index is 12.5. The maximum Gasteiger partial charge on any atom is 0.230 e. The average Bonchev–Trinajstić information content (AvgIpc) is 2.93. The highest BCUT2D eigenvalue weighted by atomic mass is 16.2. The molecule has 1 aromatic heterocycles. The van der Waals surface area contributed by atoms with E-state index >= 15 is 0 Å². The zero-order valence-electron chi connectivity index (χ0n) is 11.4. The molecule has 0 aromatic carbocycles. The van der Waals surface area contributed by atoms with Crippen LogP contribution in [0.1, 0.15) is 37.3 Å². The molecule has 2 heterocycles. The van der Waals surface area contributed by atoms with Gasteiger partial charge in [0.25, 0.3) is 0 Å². The van der Waals surface area contributed by atoms with E-state index in [9.17, 15) is 4.79 Å². The fourth-order valence-corrected chi connectivity index (χ4v) is 3.13. The second-order valence-electron chi connectivity index (χ2n) is 5.79.